The highest BCUT2D eigenvalue weighted by atomic mass is 35.5. The Balaban J connectivity index is 0.00000225. The number of benzene rings is 2. The average Bonchev–Trinajstić information content (AvgIpc) is 2.94. The monoisotopic (exact) mass is 399 g/mol. The molecule has 0 N–H and O–H groups in total. The van der Waals surface area contributed by atoms with Gasteiger partial charge in [0.1, 0.15) is 5.60 Å². The van der Waals surface area contributed by atoms with E-state index in [1.165, 1.54) is 22.3 Å². The van der Waals surface area contributed by atoms with Crippen LogP contribution in [-0.2, 0) is 12.8 Å². The van der Waals surface area contributed by atoms with Crippen molar-refractivity contribution in [1.82, 2.24) is 0 Å². The van der Waals surface area contributed by atoms with Crippen molar-refractivity contribution in [3.05, 3.63) is 58.7 Å². The van der Waals surface area contributed by atoms with Gasteiger partial charge >= 0.3 is 0 Å². The molecule has 0 unspecified atom stereocenters. The summed E-state index contributed by atoms with van der Waals surface area (Å²) in [6.45, 7) is 11.5. The van der Waals surface area contributed by atoms with Gasteiger partial charge in [-0.2, -0.15) is 0 Å². The summed E-state index contributed by atoms with van der Waals surface area (Å²) in [5, 5.41) is 0. The molecule has 0 amide bonds. The summed E-state index contributed by atoms with van der Waals surface area (Å²) in [6, 6.07) is 12.7. The molecule has 0 bridgehead atoms. The number of ether oxygens (including phenoxy) is 2. The molecule has 0 fully saturated rings. The maximum atomic E-state index is 6.34. The largest absolute Gasteiger partial charge is 0.490 e. The molecule has 2 aromatic carbocycles. The number of fused-ring (bicyclic) bond motifs is 3. The number of aliphatic imine (C=N–C) groups is 1. The third-order valence-corrected chi connectivity index (χ3v) is 5.19. The van der Waals surface area contributed by atoms with Crippen molar-refractivity contribution >= 4 is 18.1 Å². The molecule has 4 rings (SSSR count). The van der Waals surface area contributed by atoms with Crippen LogP contribution >= 0.6 is 12.4 Å². The Bertz CT molecular complexity index is 901. The predicted molar refractivity (Wildman–Crippen MR) is 118 cm³/mol. The first kappa shape index (κ1) is 20.7. The van der Waals surface area contributed by atoms with Gasteiger partial charge in [0.25, 0.3) is 0 Å². The molecule has 0 atom stereocenters. The smallest absolute Gasteiger partial charge is 0.166 e. The van der Waals surface area contributed by atoms with E-state index in [1.54, 1.807) is 0 Å². The Labute approximate surface area is 174 Å². The highest BCUT2D eigenvalue weighted by Crippen LogP contribution is 2.48. The molecule has 0 spiro atoms. The fraction of sp³-hybridized carbons (Fsp3) is 0.458. The van der Waals surface area contributed by atoms with Gasteiger partial charge in [-0.15, -0.1) is 12.4 Å². The number of halogens is 1. The highest BCUT2D eigenvalue weighted by Gasteiger charge is 2.39. The lowest BCUT2D eigenvalue weighted by Crippen LogP contribution is -2.30. The number of hydrogen-bond acceptors (Lipinski definition) is 3. The second-order valence-corrected chi connectivity index (χ2v) is 8.92. The van der Waals surface area contributed by atoms with Crippen LogP contribution in [0.25, 0.3) is 0 Å². The van der Waals surface area contributed by atoms with E-state index in [0.717, 1.165) is 36.5 Å². The van der Waals surface area contributed by atoms with Gasteiger partial charge in [-0.25, -0.2) is 0 Å². The van der Waals surface area contributed by atoms with Crippen LogP contribution in [0.1, 0.15) is 63.3 Å². The molecular formula is C24H30ClNO2. The molecule has 0 saturated carbocycles. The Hall–Kier alpha value is -2.00. The van der Waals surface area contributed by atoms with Gasteiger partial charge in [0.05, 0.1) is 17.9 Å². The van der Waals surface area contributed by atoms with Crippen LogP contribution in [0, 0.1) is 0 Å². The van der Waals surface area contributed by atoms with Crippen molar-refractivity contribution in [3.63, 3.8) is 0 Å². The zero-order valence-corrected chi connectivity index (χ0v) is 18.3. The van der Waals surface area contributed by atoms with Crippen LogP contribution in [0.15, 0.2) is 41.4 Å². The van der Waals surface area contributed by atoms with Gasteiger partial charge in [0.15, 0.2) is 11.5 Å². The SMILES string of the molecule is CCCOc1cc2c(c3c1OC(C)(C)C3)C(c1ccccc1)=NC(C)(C)C2.Cl. The van der Waals surface area contributed by atoms with Crippen LogP contribution in [0.2, 0.25) is 0 Å². The van der Waals surface area contributed by atoms with Crippen LogP contribution < -0.4 is 9.47 Å². The maximum Gasteiger partial charge on any atom is 0.166 e. The average molecular weight is 400 g/mol. The molecule has 2 aliphatic rings. The first-order valence-corrected chi connectivity index (χ1v) is 9.96. The molecular weight excluding hydrogens is 370 g/mol. The van der Waals surface area contributed by atoms with E-state index in [2.05, 4.69) is 71.0 Å². The molecule has 3 nitrogen and oxygen atoms in total. The van der Waals surface area contributed by atoms with Gasteiger partial charge in [-0.3, -0.25) is 4.99 Å². The summed E-state index contributed by atoms with van der Waals surface area (Å²) >= 11 is 0. The summed E-state index contributed by atoms with van der Waals surface area (Å²) < 4.78 is 12.4. The molecule has 0 aromatic heterocycles. The van der Waals surface area contributed by atoms with Crippen molar-refractivity contribution in [2.45, 2.75) is 65.0 Å². The molecule has 0 aliphatic carbocycles. The normalized spacial score (nSPS) is 18.2. The molecule has 2 aromatic rings. The standard InChI is InChI=1S/C24H29NO2.ClH/c1-6-12-26-19-13-17-14-23(2,3)25-21(16-10-8-7-9-11-16)20(17)18-15-24(4,5)27-22(18)19;/h7-11,13H,6,12,14-15H2,1-5H3;1H. The van der Waals surface area contributed by atoms with Crippen LogP contribution in [-0.4, -0.2) is 23.5 Å². The van der Waals surface area contributed by atoms with Gasteiger partial charge in [-0.1, -0.05) is 37.3 Å². The van der Waals surface area contributed by atoms with E-state index < -0.39 is 0 Å². The molecule has 2 heterocycles. The van der Waals surface area contributed by atoms with E-state index in [1.807, 2.05) is 0 Å². The predicted octanol–water partition coefficient (Wildman–Crippen LogP) is 5.78. The third-order valence-electron chi connectivity index (χ3n) is 5.19. The van der Waals surface area contributed by atoms with E-state index in [0.29, 0.717) is 6.61 Å². The summed E-state index contributed by atoms with van der Waals surface area (Å²) in [7, 11) is 0. The third kappa shape index (κ3) is 3.77. The molecule has 150 valence electrons. The Morgan fingerprint density at radius 2 is 1.79 bits per heavy atom. The first-order valence-electron chi connectivity index (χ1n) is 9.96. The summed E-state index contributed by atoms with van der Waals surface area (Å²) in [6.07, 6.45) is 2.77. The second kappa shape index (κ2) is 7.44. The Morgan fingerprint density at radius 3 is 2.46 bits per heavy atom. The Kier molecular flexibility index (Phi) is 5.51. The number of nitrogens with zero attached hydrogens (tertiary/aromatic N) is 1. The van der Waals surface area contributed by atoms with E-state index in [-0.39, 0.29) is 23.5 Å². The van der Waals surface area contributed by atoms with Crippen molar-refractivity contribution in [2.24, 2.45) is 4.99 Å². The molecule has 2 aliphatic heterocycles. The summed E-state index contributed by atoms with van der Waals surface area (Å²) in [5.74, 6) is 1.80. The lowest BCUT2D eigenvalue weighted by atomic mass is 9.81. The number of hydrogen-bond donors (Lipinski definition) is 0. The van der Waals surface area contributed by atoms with Gasteiger partial charge in [0, 0.05) is 23.1 Å². The number of rotatable bonds is 4. The fourth-order valence-corrected chi connectivity index (χ4v) is 4.19. The van der Waals surface area contributed by atoms with Crippen LogP contribution in [0.3, 0.4) is 0 Å². The van der Waals surface area contributed by atoms with Crippen molar-refractivity contribution < 1.29 is 9.47 Å². The maximum absolute atomic E-state index is 6.34. The molecule has 0 saturated heterocycles. The summed E-state index contributed by atoms with van der Waals surface area (Å²) in [4.78, 5) is 5.16. The van der Waals surface area contributed by atoms with Crippen molar-refractivity contribution in [3.8, 4) is 11.5 Å². The molecule has 28 heavy (non-hydrogen) atoms. The first-order chi connectivity index (χ1) is 12.8. The van der Waals surface area contributed by atoms with Crippen LogP contribution in [0.5, 0.6) is 11.5 Å². The van der Waals surface area contributed by atoms with Gasteiger partial charge < -0.3 is 9.47 Å². The lowest BCUT2D eigenvalue weighted by molar-refractivity contribution is 0.132. The minimum absolute atomic E-state index is 0. The van der Waals surface area contributed by atoms with Gasteiger partial charge in [0.2, 0.25) is 0 Å². The van der Waals surface area contributed by atoms with Gasteiger partial charge in [-0.05, 0) is 52.2 Å². The van der Waals surface area contributed by atoms with Crippen molar-refractivity contribution in [1.29, 1.82) is 0 Å². The zero-order valence-electron chi connectivity index (χ0n) is 17.5. The van der Waals surface area contributed by atoms with E-state index >= 15 is 0 Å². The second-order valence-electron chi connectivity index (χ2n) is 8.92. The molecule has 4 heteroatoms. The summed E-state index contributed by atoms with van der Waals surface area (Å²) in [5.41, 5.74) is 5.72. The Morgan fingerprint density at radius 1 is 1.07 bits per heavy atom. The quantitative estimate of drug-likeness (QED) is 0.652. The minimum Gasteiger partial charge on any atom is -0.490 e. The van der Waals surface area contributed by atoms with E-state index in [4.69, 9.17) is 14.5 Å². The topological polar surface area (TPSA) is 30.8 Å². The minimum atomic E-state index is -0.226. The lowest BCUT2D eigenvalue weighted by Gasteiger charge is -2.31. The van der Waals surface area contributed by atoms with Crippen LogP contribution in [0.4, 0.5) is 0 Å². The highest BCUT2D eigenvalue weighted by molar-refractivity contribution is 6.16. The zero-order chi connectivity index (χ0) is 19.2. The van der Waals surface area contributed by atoms with Crippen molar-refractivity contribution in [2.75, 3.05) is 6.61 Å². The molecule has 0 radical (unpaired) electrons. The van der Waals surface area contributed by atoms with E-state index in [9.17, 15) is 0 Å². The fourth-order valence-electron chi connectivity index (χ4n) is 4.19.